The second-order valence-corrected chi connectivity index (χ2v) is 7.62. The van der Waals surface area contributed by atoms with Gasteiger partial charge in [-0.25, -0.2) is 4.79 Å². The molecule has 24 heavy (non-hydrogen) atoms. The number of para-hydroxylation sites is 1. The summed E-state index contributed by atoms with van der Waals surface area (Å²) in [5.74, 6) is 0.728. The smallest absolute Gasteiger partial charge is 0.335 e. The average Bonchev–Trinajstić information content (AvgIpc) is 3.17. The summed E-state index contributed by atoms with van der Waals surface area (Å²) in [6.07, 6.45) is 3.28. The van der Waals surface area contributed by atoms with Gasteiger partial charge in [0.2, 0.25) is 0 Å². The first-order chi connectivity index (χ1) is 11.7. The second-order valence-electron chi connectivity index (χ2n) is 7.62. The van der Waals surface area contributed by atoms with Gasteiger partial charge in [-0.1, -0.05) is 31.5 Å². The molecule has 2 fully saturated rings. The van der Waals surface area contributed by atoms with Gasteiger partial charge in [-0.3, -0.25) is 4.90 Å². The molecule has 0 saturated carbocycles. The van der Waals surface area contributed by atoms with Crippen molar-refractivity contribution in [1.82, 2.24) is 4.90 Å². The van der Waals surface area contributed by atoms with Crippen LogP contribution in [0, 0.1) is 11.8 Å². The summed E-state index contributed by atoms with van der Waals surface area (Å²) in [6.45, 7) is 4.51. The first-order valence-electron chi connectivity index (χ1n) is 9.16. The number of nitrogens with one attached hydrogen (secondary N) is 1. The zero-order valence-corrected chi connectivity index (χ0v) is 14.3. The van der Waals surface area contributed by atoms with Gasteiger partial charge in [0.15, 0.2) is 0 Å². The Morgan fingerprint density at radius 3 is 3.00 bits per heavy atom. The highest BCUT2D eigenvalue weighted by Gasteiger charge is 2.64. The van der Waals surface area contributed by atoms with E-state index in [0.29, 0.717) is 17.9 Å². The topological polar surface area (TPSA) is 41.6 Å². The largest absolute Gasteiger partial charge is 0.466 e. The Balaban J connectivity index is 1.83. The lowest BCUT2D eigenvalue weighted by molar-refractivity contribution is -0.138. The molecule has 5 rings (SSSR count). The summed E-state index contributed by atoms with van der Waals surface area (Å²) in [5.41, 5.74) is 4.60. The molecule has 2 saturated heterocycles. The fourth-order valence-corrected chi connectivity index (χ4v) is 6.20. The van der Waals surface area contributed by atoms with Gasteiger partial charge >= 0.3 is 5.97 Å². The lowest BCUT2D eigenvalue weighted by Gasteiger charge is -2.52. The first-order valence-corrected chi connectivity index (χ1v) is 9.16. The zero-order valence-electron chi connectivity index (χ0n) is 14.3. The fraction of sp³-hybridized carbons (Fsp3) is 0.550. The van der Waals surface area contributed by atoms with E-state index < -0.39 is 0 Å². The van der Waals surface area contributed by atoms with Gasteiger partial charge in [-0.2, -0.15) is 0 Å². The van der Waals surface area contributed by atoms with E-state index in [1.54, 1.807) is 0 Å². The summed E-state index contributed by atoms with van der Waals surface area (Å²) in [4.78, 5) is 15.4. The summed E-state index contributed by atoms with van der Waals surface area (Å²) < 4.78 is 5.23. The molecule has 0 aromatic heterocycles. The number of carbonyl (C=O) groups is 1. The van der Waals surface area contributed by atoms with E-state index in [4.69, 9.17) is 4.74 Å². The molecule has 1 spiro atoms. The fourth-order valence-electron chi connectivity index (χ4n) is 6.20. The van der Waals surface area contributed by atoms with Crippen LogP contribution in [0.25, 0.3) is 0 Å². The molecule has 1 N–H and O–H groups in total. The minimum Gasteiger partial charge on any atom is -0.466 e. The maximum absolute atomic E-state index is 12.8. The summed E-state index contributed by atoms with van der Waals surface area (Å²) in [5, 5.41) is 3.65. The van der Waals surface area contributed by atoms with Crippen molar-refractivity contribution in [2.24, 2.45) is 11.8 Å². The monoisotopic (exact) mass is 324 g/mol. The molecule has 0 radical (unpaired) electrons. The summed E-state index contributed by atoms with van der Waals surface area (Å²) in [6, 6.07) is 9.14. The molecule has 3 aliphatic heterocycles. The van der Waals surface area contributed by atoms with Crippen LogP contribution in [0.3, 0.4) is 0 Å². The van der Waals surface area contributed by atoms with Crippen molar-refractivity contribution in [2.45, 2.75) is 37.6 Å². The van der Waals surface area contributed by atoms with Gasteiger partial charge in [0, 0.05) is 17.4 Å². The van der Waals surface area contributed by atoms with E-state index in [1.807, 2.05) is 0 Å². The molecule has 1 aromatic carbocycles. The number of rotatable bonds is 2. The van der Waals surface area contributed by atoms with E-state index in [9.17, 15) is 4.79 Å². The van der Waals surface area contributed by atoms with Crippen molar-refractivity contribution in [2.75, 3.05) is 25.5 Å². The number of anilines is 1. The van der Waals surface area contributed by atoms with E-state index in [0.717, 1.165) is 43.6 Å². The van der Waals surface area contributed by atoms with Gasteiger partial charge in [0.05, 0.1) is 18.1 Å². The predicted molar refractivity (Wildman–Crippen MR) is 92.7 cm³/mol. The summed E-state index contributed by atoms with van der Waals surface area (Å²) >= 11 is 0. The quantitative estimate of drug-likeness (QED) is 0.850. The third-order valence-electron chi connectivity index (χ3n) is 6.97. The number of hydrogen-bond donors (Lipinski definition) is 1. The van der Waals surface area contributed by atoms with Crippen LogP contribution < -0.4 is 5.32 Å². The first kappa shape index (κ1) is 14.5. The van der Waals surface area contributed by atoms with E-state index in [1.165, 1.54) is 18.4 Å². The third-order valence-corrected chi connectivity index (χ3v) is 6.97. The van der Waals surface area contributed by atoms with E-state index >= 15 is 0 Å². The molecule has 2 bridgehead atoms. The normalized spacial score (nSPS) is 36.2. The Morgan fingerprint density at radius 2 is 2.21 bits per heavy atom. The van der Waals surface area contributed by atoms with Crippen LogP contribution >= 0.6 is 0 Å². The Morgan fingerprint density at radius 1 is 1.38 bits per heavy atom. The van der Waals surface area contributed by atoms with Crippen LogP contribution in [0.4, 0.5) is 5.69 Å². The maximum Gasteiger partial charge on any atom is 0.335 e. The third kappa shape index (κ3) is 1.51. The second kappa shape index (κ2) is 4.85. The minimum atomic E-state index is -0.132. The molecule has 3 heterocycles. The van der Waals surface area contributed by atoms with Crippen molar-refractivity contribution in [3.63, 3.8) is 0 Å². The molecule has 4 heteroatoms. The number of benzene rings is 1. The number of carbonyl (C=O) groups excluding carboxylic acids is 1. The number of nitrogens with zero attached hydrogens (tertiary/aromatic N) is 1. The number of fused-ring (bicyclic) bond motifs is 2. The van der Waals surface area contributed by atoms with Crippen molar-refractivity contribution in [1.29, 1.82) is 0 Å². The van der Waals surface area contributed by atoms with Crippen molar-refractivity contribution >= 4 is 11.7 Å². The lowest BCUT2D eigenvalue weighted by atomic mass is 9.57. The van der Waals surface area contributed by atoms with Crippen LogP contribution in [0.1, 0.15) is 31.7 Å². The molecule has 0 amide bonds. The zero-order chi connectivity index (χ0) is 16.5. The van der Waals surface area contributed by atoms with Crippen molar-refractivity contribution < 1.29 is 9.53 Å². The Kier molecular flexibility index (Phi) is 2.94. The van der Waals surface area contributed by atoms with E-state index in [2.05, 4.69) is 41.4 Å². The Bertz CT molecular complexity index is 756. The molecular weight excluding hydrogens is 300 g/mol. The minimum absolute atomic E-state index is 0.0439. The average molecular weight is 324 g/mol. The molecule has 1 aliphatic carbocycles. The van der Waals surface area contributed by atoms with E-state index in [-0.39, 0.29) is 11.4 Å². The Labute approximate surface area is 142 Å². The highest BCUT2D eigenvalue weighted by molar-refractivity contribution is 5.93. The molecular formula is C20H24N2O2. The van der Waals surface area contributed by atoms with Crippen LogP contribution in [-0.2, 0) is 14.9 Å². The number of hydrogen-bond acceptors (Lipinski definition) is 4. The predicted octanol–water partition coefficient (Wildman–Crippen LogP) is 2.91. The molecule has 4 nitrogen and oxygen atoms in total. The van der Waals surface area contributed by atoms with Crippen LogP contribution in [-0.4, -0.2) is 37.1 Å². The van der Waals surface area contributed by atoms with Crippen LogP contribution in [0.2, 0.25) is 0 Å². The van der Waals surface area contributed by atoms with Gasteiger partial charge in [-0.15, -0.1) is 0 Å². The molecule has 4 atom stereocenters. The van der Waals surface area contributed by atoms with Gasteiger partial charge in [-0.05, 0) is 49.4 Å². The number of methoxy groups -OCH3 is 1. The molecule has 4 aliphatic rings. The summed E-state index contributed by atoms with van der Waals surface area (Å²) in [7, 11) is 1.52. The number of ether oxygens (including phenoxy) is 1. The molecule has 1 aromatic rings. The van der Waals surface area contributed by atoms with Crippen molar-refractivity contribution in [3.8, 4) is 0 Å². The van der Waals surface area contributed by atoms with Crippen LogP contribution in [0.5, 0.6) is 0 Å². The van der Waals surface area contributed by atoms with Gasteiger partial charge in [0.25, 0.3) is 0 Å². The molecule has 0 unspecified atom stereocenters. The number of piperidine rings is 1. The highest BCUT2D eigenvalue weighted by atomic mass is 16.5. The number of esters is 1. The molecule has 126 valence electrons. The van der Waals surface area contributed by atoms with Crippen LogP contribution in [0.15, 0.2) is 35.5 Å². The van der Waals surface area contributed by atoms with Gasteiger partial charge < -0.3 is 10.1 Å². The Hall–Kier alpha value is -1.81. The van der Waals surface area contributed by atoms with Crippen molar-refractivity contribution in [3.05, 3.63) is 41.1 Å². The SMILES string of the molecule is CC[C@H]1[C@@H]2CCN3CC[C@@]4(C(=C2C(=O)OC)Nc2ccccc24)[C@@H]13. The maximum atomic E-state index is 12.8. The standard InChI is InChI=1S/C20H24N2O2/c1-3-12-13-8-10-22-11-9-20(18(12)22)14-6-4-5-7-15(14)21-17(20)16(13)19(23)24-2/h4-7,12-13,18,21H,3,8-11H2,1-2H3/t12-,13-,18+,20+/m0/s1. The highest BCUT2D eigenvalue weighted by Crippen LogP contribution is 2.62. The lowest BCUT2D eigenvalue weighted by Crippen LogP contribution is -2.58. The van der Waals surface area contributed by atoms with Gasteiger partial charge in [0.1, 0.15) is 0 Å².